The standard InChI is InChI=1S/C65H108O39S7/c1-5-105-16-24-51-36(75)45(84)61(91-24)101-53-26(18-107-7-3)93-63(47(86)38(53)77)103-56-29(21-110-13-10-32(69)70)94-59(43(82)39(56)78)97-50-23(15-66)89-58(42(81)34(50)73)98-55-28(20-109-12-9-31(67)68)95-65(48(87)40(55)79)104-57-30(22-111-14-11-33(71)72)96-64(49(88)41(57)80)102-54-27(19-108-8-4)92-62(46(85)37(54)76)100-52-25(17-106-6-2)90-60(99-51)44(83)35(52)74/h23-30,34-66,73-88H,5-22H2,1-4H3,(H,67,68)(H,69,70)(H,71,72)/t23-,24-,25-,26-,27-,28-,29-,30-,34-,35-,36-,37-,38-,39-,40-,41-,42-,43-,44-,45-,46-,47-,48-,49-,50-,51-,52-,53-,54-,55-,56-,57-,58-,59-,60-,61-,62-,63-,64-,65-/m1/s1. The first-order valence-corrected chi connectivity index (χ1v) is 44.7. The maximum absolute atomic E-state index is 12.1. The summed E-state index contributed by atoms with van der Waals surface area (Å²) < 4.78 is 100. The van der Waals surface area contributed by atoms with Gasteiger partial charge < -0.3 is 178 Å². The third-order valence-corrected chi connectivity index (χ3v) is 26.9. The summed E-state index contributed by atoms with van der Waals surface area (Å²) in [6, 6.07) is 0. The third-order valence-electron chi connectivity index (χ3n) is 19.8. The number of ether oxygens (including phenoxy) is 16. The molecule has 0 radical (unpaired) electrons. The number of carbonyl (C=O) groups is 3. The lowest BCUT2D eigenvalue weighted by Crippen LogP contribution is -2.69. The number of aliphatic hydroxyl groups excluding tert-OH is 17. The molecule has 0 unspecified atom stereocenters. The molecule has 30 saturated heterocycles. The zero-order valence-electron chi connectivity index (χ0n) is 60.9. The Hall–Kier alpha value is -0.460. The molecule has 20 N–H and O–H groups in total. The van der Waals surface area contributed by atoms with Gasteiger partial charge in [0.25, 0.3) is 0 Å². The van der Waals surface area contributed by atoms with Gasteiger partial charge in [-0.15, -0.1) is 0 Å². The first kappa shape index (κ1) is 94.4. The van der Waals surface area contributed by atoms with Crippen LogP contribution in [-0.2, 0) is 90.2 Å². The SMILES string of the molecule is CCSC[C@H]1O[C@@H]2O[C@H]3[C@H](O)[C@@H](O)[C@@H](O[C@H]4[C@H](O)[C@@H](O)[C@@H](O[C@H]5[C@H](O)[C@@H](O)[C@@H](O[C@H]6[C@H](O)[C@@H](O)[C@@H](O[C@H]7[C@H](O)[C@@H](O)[C@@H](O[C@H]8[C@H](O)[C@@H](O)[C@@H](O[C@H]9[C@H](O)[C@@H](O)[C@@H](O[C@H]1[C@H](O)[C@H]2O)O[C@@H]9CSCC)O[C@@H]8CSCC)O[C@@H]7CSCC)O[C@@H]6CSCCC(=O)O)O[C@@H]5CSCCC(=O)O)O[C@@H]4CO)O[C@@H]3CSCCC(=O)O. The molecule has 30 aliphatic rings. The molecule has 0 amide bonds. The number of carboxylic acids is 3. The molecule has 30 fully saturated rings. The Morgan fingerprint density at radius 1 is 0.225 bits per heavy atom. The summed E-state index contributed by atoms with van der Waals surface area (Å²) in [6.45, 7) is 6.18. The van der Waals surface area contributed by atoms with Crippen LogP contribution in [0.2, 0.25) is 0 Å². The number of aliphatic hydroxyl groups is 17. The molecule has 46 heteroatoms. The highest BCUT2D eigenvalue weighted by molar-refractivity contribution is 8.00. The van der Waals surface area contributed by atoms with E-state index >= 15 is 0 Å². The fourth-order valence-corrected chi connectivity index (χ4v) is 19.7. The Bertz CT molecular complexity index is 2800. The van der Waals surface area contributed by atoms with E-state index in [1.165, 1.54) is 47.0 Å². The second kappa shape index (κ2) is 44.9. The lowest BCUT2D eigenvalue weighted by Gasteiger charge is -2.51. The molecule has 644 valence electrons. The summed E-state index contributed by atoms with van der Waals surface area (Å²) in [5, 5.41) is 232. The van der Waals surface area contributed by atoms with Crippen LogP contribution in [0.25, 0.3) is 0 Å². The van der Waals surface area contributed by atoms with Crippen molar-refractivity contribution in [2.75, 3.05) is 87.1 Å². The van der Waals surface area contributed by atoms with Crippen molar-refractivity contribution in [1.29, 1.82) is 0 Å². The number of aliphatic carboxylic acids is 3. The second-order valence-electron chi connectivity index (χ2n) is 27.5. The van der Waals surface area contributed by atoms with Crippen LogP contribution >= 0.6 is 82.3 Å². The Labute approximate surface area is 668 Å². The van der Waals surface area contributed by atoms with Gasteiger partial charge in [0.15, 0.2) is 50.3 Å². The number of thioether (sulfide) groups is 7. The van der Waals surface area contributed by atoms with Gasteiger partial charge in [-0.2, -0.15) is 82.3 Å². The number of hydrogen-bond acceptors (Lipinski definition) is 43. The van der Waals surface area contributed by atoms with Crippen LogP contribution in [0.4, 0.5) is 0 Å². The van der Waals surface area contributed by atoms with Crippen molar-refractivity contribution in [3.8, 4) is 0 Å². The highest BCUT2D eigenvalue weighted by atomic mass is 32.2. The van der Waals surface area contributed by atoms with Gasteiger partial charge in [0.2, 0.25) is 0 Å². The van der Waals surface area contributed by atoms with E-state index in [4.69, 9.17) is 75.8 Å². The van der Waals surface area contributed by atoms with E-state index in [0.717, 1.165) is 35.3 Å². The molecular weight excluding hydrogens is 1630 g/mol. The Morgan fingerprint density at radius 3 is 0.514 bits per heavy atom. The molecule has 16 bridgehead atoms. The van der Waals surface area contributed by atoms with Gasteiger partial charge in [-0.1, -0.05) is 27.7 Å². The number of rotatable bonds is 28. The molecule has 0 saturated carbocycles. The fraction of sp³-hybridized carbons (Fsp3) is 0.954. The molecular formula is C65H108O39S7. The number of hydrogen-bond donors (Lipinski definition) is 20. The lowest BCUT2D eigenvalue weighted by atomic mass is 9.95. The zero-order chi connectivity index (χ0) is 80.8. The Balaban J connectivity index is 1.06. The highest BCUT2D eigenvalue weighted by Gasteiger charge is 2.61. The predicted octanol–water partition coefficient (Wildman–Crippen LogP) is -6.72. The van der Waals surface area contributed by atoms with Gasteiger partial charge >= 0.3 is 17.9 Å². The minimum atomic E-state index is -2.24. The normalized spacial score (nSPS) is 46.2. The molecule has 0 aromatic heterocycles. The van der Waals surface area contributed by atoms with Crippen molar-refractivity contribution >= 4 is 100 Å². The van der Waals surface area contributed by atoms with Crippen molar-refractivity contribution in [1.82, 2.24) is 0 Å². The van der Waals surface area contributed by atoms with E-state index in [0.29, 0.717) is 23.0 Å². The molecule has 0 aromatic rings. The third kappa shape index (κ3) is 23.8. The number of carboxylic acid groups (broad SMARTS) is 3. The van der Waals surface area contributed by atoms with E-state index in [1.807, 2.05) is 13.8 Å². The van der Waals surface area contributed by atoms with Crippen molar-refractivity contribution in [3.05, 3.63) is 0 Å². The molecule has 30 heterocycles. The minimum absolute atomic E-state index is 0.0150. The Morgan fingerprint density at radius 2 is 0.369 bits per heavy atom. The predicted molar refractivity (Wildman–Crippen MR) is 392 cm³/mol. The minimum Gasteiger partial charge on any atom is -0.481 e. The average molecular weight is 1740 g/mol. The van der Waals surface area contributed by atoms with E-state index in [9.17, 15) is 117 Å². The molecule has 30 rings (SSSR count). The van der Waals surface area contributed by atoms with Crippen LogP contribution in [0.3, 0.4) is 0 Å². The van der Waals surface area contributed by atoms with Crippen LogP contribution in [0.1, 0.15) is 47.0 Å². The van der Waals surface area contributed by atoms with Crippen molar-refractivity contribution < 1.29 is 192 Å². The van der Waals surface area contributed by atoms with Crippen molar-refractivity contribution in [2.24, 2.45) is 0 Å². The zero-order valence-corrected chi connectivity index (χ0v) is 66.6. The molecule has 0 aliphatic carbocycles. The highest BCUT2D eigenvalue weighted by Crippen LogP contribution is 2.42. The maximum Gasteiger partial charge on any atom is 0.304 e. The summed E-state index contributed by atoms with van der Waals surface area (Å²) in [5.41, 5.74) is 0. The summed E-state index contributed by atoms with van der Waals surface area (Å²) in [6.07, 6.45) is -75.1. The second-order valence-corrected chi connectivity index (χ2v) is 36.2. The summed E-state index contributed by atoms with van der Waals surface area (Å²) in [5.74, 6) is -2.71. The van der Waals surface area contributed by atoms with Gasteiger partial charge in [-0.25, -0.2) is 0 Å². The van der Waals surface area contributed by atoms with Crippen molar-refractivity contribution in [2.45, 2.75) is 293 Å². The summed E-state index contributed by atoms with van der Waals surface area (Å²) >= 11 is 8.04. The van der Waals surface area contributed by atoms with Gasteiger partial charge in [0.1, 0.15) is 153 Å². The molecule has 40 atom stereocenters. The van der Waals surface area contributed by atoms with Crippen LogP contribution in [0.15, 0.2) is 0 Å². The first-order chi connectivity index (χ1) is 53.0. The molecule has 39 nitrogen and oxygen atoms in total. The fourth-order valence-electron chi connectivity index (χ4n) is 13.8. The molecule has 0 spiro atoms. The lowest BCUT2D eigenvalue weighted by molar-refractivity contribution is -0.397. The van der Waals surface area contributed by atoms with Crippen LogP contribution in [0.5, 0.6) is 0 Å². The van der Waals surface area contributed by atoms with E-state index in [-0.39, 0.29) is 70.4 Å². The van der Waals surface area contributed by atoms with E-state index < -0.39 is 277 Å². The summed E-state index contributed by atoms with van der Waals surface area (Å²) in [4.78, 5) is 35.0. The Kier molecular flexibility index (Phi) is 38.2. The molecule has 30 aliphatic heterocycles. The van der Waals surface area contributed by atoms with E-state index in [2.05, 4.69) is 0 Å². The van der Waals surface area contributed by atoms with Gasteiger partial charge in [-0.05, 0) is 23.0 Å². The first-order valence-electron chi connectivity index (χ1n) is 36.6. The molecule has 111 heavy (non-hydrogen) atoms. The topological polar surface area (TPSA) is 603 Å². The van der Waals surface area contributed by atoms with Gasteiger partial charge in [0.05, 0.1) is 68.6 Å². The maximum atomic E-state index is 12.1. The molecule has 0 aromatic carbocycles. The van der Waals surface area contributed by atoms with E-state index in [1.54, 1.807) is 13.8 Å². The van der Waals surface area contributed by atoms with Crippen molar-refractivity contribution in [3.63, 3.8) is 0 Å². The quantitative estimate of drug-likeness (QED) is 0.0324. The monoisotopic (exact) mass is 1740 g/mol. The largest absolute Gasteiger partial charge is 0.481 e. The van der Waals surface area contributed by atoms with Crippen LogP contribution < -0.4 is 0 Å². The van der Waals surface area contributed by atoms with Gasteiger partial charge in [-0.3, -0.25) is 14.4 Å². The summed E-state index contributed by atoms with van der Waals surface area (Å²) in [7, 11) is 0. The van der Waals surface area contributed by atoms with Crippen LogP contribution in [-0.4, -0.2) is 453 Å². The smallest absolute Gasteiger partial charge is 0.304 e. The van der Waals surface area contributed by atoms with Gasteiger partial charge in [0, 0.05) is 57.5 Å². The van der Waals surface area contributed by atoms with Crippen LogP contribution in [0, 0.1) is 0 Å². The average Bonchev–Trinajstić information content (AvgIpc) is 0.773.